The summed E-state index contributed by atoms with van der Waals surface area (Å²) in [5, 5.41) is 6.80. The van der Waals surface area contributed by atoms with Crippen molar-refractivity contribution in [3.8, 4) is 5.75 Å². The quantitative estimate of drug-likeness (QED) is 0.520. The maximum Gasteiger partial charge on any atom is 0.262 e. The minimum absolute atomic E-state index is 0.0755. The number of rotatable bonds is 8. The zero-order chi connectivity index (χ0) is 21.2. The van der Waals surface area contributed by atoms with Crippen LogP contribution in [0.1, 0.15) is 30.4 Å². The van der Waals surface area contributed by atoms with Crippen LogP contribution in [0.3, 0.4) is 0 Å². The fraction of sp³-hybridized carbons (Fsp3) is 0.348. The van der Waals surface area contributed by atoms with Gasteiger partial charge in [-0.25, -0.2) is 5.43 Å². The molecule has 158 valence electrons. The Morgan fingerprint density at radius 1 is 1.00 bits per heavy atom. The van der Waals surface area contributed by atoms with Gasteiger partial charge in [-0.05, 0) is 74.8 Å². The van der Waals surface area contributed by atoms with Crippen molar-refractivity contribution >= 4 is 23.7 Å². The lowest BCUT2D eigenvalue weighted by molar-refractivity contribution is -0.122. The Hall–Kier alpha value is -3.19. The predicted octanol–water partition coefficient (Wildman–Crippen LogP) is 2.95. The summed E-state index contributed by atoms with van der Waals surface area (Å²) >= 11 is 0. The van der Waals surface area contributed by atoms with Crippen LogP contribution in [0, 0.1) is 6.92 Å². The van der Waals surface area contributed by atoms with Gasteiger partial charge in [-0.2, -0.15) is 5.10 Å². The van der Waals surface area contributed by atoms with Gasteiger partial charge in [0, 0.05) is 5.69 Å². The lowest BCUT2D eigenvalue weighted by atomic mass is 10.1. The topological polar surface area (TPSA) is 83.0 Å². The number of aryl methyl sites for hydroxylation is 1. The highest BCUT2D eigenvalue weighted by atomic mass is 16.5. The van der Waals surface area contributed by atoms with Gasteiger partial charge in [0.15, 0.2) is 6.61 Å². The van der Waals surface area contributed by atoms with Gasteiger partial charge in [-0.3, -0.25) is 14.5 Å². The Morgan fingerprint density at radius 2 is 1.70 bits per heavy atom. The maximum absolute atomic E-state index is 12.0. The van der Waals surface area contributed by atoms with Gasteiger partial charge >= 0.3 is 0 Å². The number of nitrogens with zero attached hydrogens (tertiary/aromatic N) is 2. The number of carbonyl (C=O) groups excluding carboxylic acids is 2. The second-order valence-corrected chi connectivity index (χ2v) is 7.40. The van der Waals surface area contributed by atoms with Crippen molar-refractivity contribution in [3.63, 3.8) is 0 Å². The van der Waals surface area contributed by atoms with E-state index >= 15 is 0 Å². The SMILES string of the molecule is Cc1ccc(NC(=O)COc2ccc(/C=N\NC(=O)CN3CCCCC3)cc2)cc1. The Kier molecular flexibility index (Phi) is 7.97. The van der Waals surface area contributed by atoms with E-state index in [2.05, 4.69) is 20.7 Å². The standard InChI is InChI=1S/C23H28N4O3/c1-18-5-9-20(10-6-18)25-23(29)17-30-21-11-7-19(8-12-21)15-24-26-22(28)16-27-13-3-2-4-14-27/h5-12,15H,2-4,13-14,16-17H2,1H3,(H,25,29)(H,26,28)/b24-15-. The predicted molar refractivity (Wildman–Crippen MR) is 118 cm³/mol. The molecule has 1 aliphatic rings. The van der Waals surface area contributed by atoms with E-state index < -0.39 is 0 Å². The minimum Gasteiger partial charge on any atom is -0.484 e. The number of hydrogen-bond donors (Lipinski definition) is 2. The smallest absolute Gasteiger partial charge is 0.262 e. The number of benzene rings is 2. The molecule has 30 heavy (non-hydrogen) atoms. The molecule has 2 aromatic carbocycles. The first-order chi connectivity index (χ1) is 14.6. The monoisotopic (exact) mass is 408 g/mol. The molecule has 7 heteroatoms. The third-order valence-electron chi connectivity index (χ3n) is 4.80. The summed E-state index contributed by atoms with van der Waals surface area (Å²) in [5.41, 5.74) is 5.26. The number of carbonyl (C=O) groups is 2. The molecule has 1 fully saturated rings. The van der Waals surface area contributed by atoms with Crippen LogP contribution in [-0.2, 0) is 9.59 Å². The fourth-order valence-electron chi connectivity index (χ4n) is 3.17. The number of amides is 2. The molecule has 0 saturated carbocycles. The van der Waals surface area contributed by atoms with E-state index in [1.807, 2.05) is 43.3 Å². The summed E-state index contributed by atoms with van der Waals surface area (Å²) in [6.45, 7) is 4.25. The van der Waals surface area contributed by atoms with Crippen LogP contribution < -0.4 is 15.5 Å². The van der Waals surface area contributed by atoms with Gasteiger partial charge in [0.05, 0.1) is 12.8 Å². The van der Waals surface area contributed by atoms with Gasteiger partial charge in [-0.1, -0.05) is 24.1 Å². The highest BCUT2D eigenvalue weighted by Gasteiger charge is 2.13. The number of piperidine rings is 1. The summed E-state index contributed by atoms with van der Waals surface area (Å²) in [7, 11) is 0. The molecule has 0 spiro atoms. The van der Waals surface area contributed by atoms with Gasteiger partial charge in [0.25, 0.3) is 11.8 Å². The Morgan fingerprint density at radius 3 is 2.40 bits per heavy atom. The van der Waals surface area contributed by atoms with E-state index in [0.29, 0.717) is 12.3 Å². The average Bonchev–Trinajstić information content (AvgIpc) is 2.75. The van der Waals surface area contributed by atoms with Crippen LogP contribution in [0.5, 0.6) is 5.75 Å². The van der Waals surface area contributed by atoms with Crippen LogP contribution in [0.15, 0.2) is 53.6 Å². The highest BCUT2D eigenvalue weighted by Crippen LogP contribution is 2.12. The fourth-order valence-corrected chi connectivity index (χ4v) is 3.17. The number of hydrazone groups is 1. The summed E-state index contributed by atoms with van der Waals surface area (Å²) in [6, 6.07) is 14.7. The number of likely N-dealkylation sites (tertiary alicyclic amines) is 1. The molecule has 2 aromatic rings. The first-order valence-corrected chi connectivity index (χ1v) is 10.2. The molecule has 1 heterocycles. The zero-order valence-corrected chi connectivity index (χ0v) is 17.3. The molecule has 3 rings (SSSR count). The summed E-state index contributed by atoms with van der Waals surface area (Å²) in [5.74, 6) is 0.258. The normalized spacial score (nSPS) is 14.4. The van der Waals surface area contributed by atoms with E-state index in [-0.39, 0.29) is 18.4 Å². The van der Waals surface area contributed by atoms with E-state index in [9.17, 15) is 9.59 Å². The summed E-state index contributed by atoms with van der Waals surface area (Å²) < 4.78 is 5.51. The van der Waals surface area contributed by atoms with Crippen LogP contribution in [0.2, 0.25) is 0 Å². The van der Waals surface area contributed by atoms with Gasteiger partial charge < -0.3 is 10.1 Å². The molecule has 0 aromatic heterocycles. The molecule has 0 radical (unpaired) electrons. The van der Waals surface area contributed by atoms with Crippen LogP contribution >= 0.6 is 0 Å². The summed E-state index contributed by atoms with van der Waals surface area (Å²) in [4.78, 5) is 26.1. The number of anilines is 1. The minimum atomic E-state index is -0.221. The molecular formula is C23H28N4O3. The molecule has 0 bridgehead atoms. The first kappa shape index (κ1) is 21.5. The van der Waals surface area contributed by atoms with Crippen molar-refractivity contribution in [2.24, 2.45) is 5.10 Å². The van der Waals surface area contributed by atoms with Gasteiger partial charge in [0.2, 0.25) is 0 Å². The van der Waals surface area contributed by atoms with Crippen LogP contribution in [0.4, 0.5) is 5.69 Å². The van der Waals surface area contributed by atoms with E-state index in [1.165, 1.54) is 6.42 Å². The Labute approximate surface area is 177 Å². The van der Waals surface area contributed by atoms with Crippen molar-refractivity contribution in [1.29, 1.82) is 0 Å². The zero-order valence-electron chi connectivity index (χ0n) is 17.3. The molecule has 1 saturated heterocycles. The van der Waals surface area contributed by atoms with E-state index in [1.54, 1.807) is 18.3 Å². The van der Waals surface area contributed by atoms with Crippen molar-refractivity contribution in [3.05, 3.63) is 59.7 Å². The third-order valence-corrected chi connectivity index (χ3v) is 4.80. The Balaban J connectivity index is 1.38. The van der Waals surface area contributed by atoms with Gasteiger partial charge in [-0.15, -0.1) is 0 Å². The number of hydrogen-bond acceptors (Lipinski definition) is 5. The molecule has 0 atom stereocenters. The third kappa shape index (κ3) is 7.33. The molecule has 1 aliphatic heterocycles. The molecular weight excluding hydrogens is 380 g/mol. The van der Waals surface area contributed by atoms with Crippen molar-refractivity contribution in [2.45, 2.75) is 26.2 Å². The Bertz CT molecular complexity index is 857. The second-order valence-electron chi connectivity index (χ2n) is 7.40. The number of nitrogens with one attached hydrogen (secondary N) is 2. The lowest BCUT2D eigenvalue weighted by Crippen LogP contribution is -2.38. The largest absolute Gasteiger partial charge is 0.484 e. The highest BCUT2D eigenvalue weighted by molar-refractivity contribution is 5.91. The van der Waals surface area contributed by atoms with Crippen molar-refractivity contribution in [1.82, 2.24) is 10.3 Å². The molecule has 2 amide bonds. The lowest BCUT2D eigenvalue weighted by Gasteiger charge is -2.25. The van der Waals surface area contributed by atoms with E-state index in [0.717, 1.165) is 42.7 Å². The second kappa shape index (κ2) is 11.1. The number of ether oxygens (including phenoxy) is 1. The molecule has 0 unspecified atom stereocenters. The van der Waals surface area contributed by atoms with Crippen LogP contribution in [-0.4, -0.2) is 49.2 Å². The average molecular weight is 409 g/mol. The molecule has 0 aliphatic carbocycles. The van der Waals surface area contributed by atoms with Gasteiger partial charge in [0.1, 0.15) is 5.75 Å². The molecule has 7 nitrogen and oxygen atoms in total. The summed E-state index contributed by atoms with van der Waals surface area (Å²) in [6.07, 6.45) is 5.13. The maximum atomic E-state index is 12.0. The van der Waals surface area contributed by atoms with Crippen molar-refractivity contribution < 1.29 is 14.3 Å². The van der Waals surface area contributed by atoms with E-state index in [4.69, 9.17) is 4.74 Å². The molecule has 2 N–H and O–H groups in total. The van der Waals surface area contributed by atoms with Crippen molar-refractivity contribution in [2.75, 3.05) is 31.6 Å². The first-order valence-electron chi connectivity index (χ1n) is 10.2. The van der Waals surface area contributed by atoms with Crippen LogP contribution in [0.25, 0.3) is 0 Å².